The molecule has 1 fully saturated rings. The SMILES string of the molecule is CC(C)(C)OC(=O)N1CCN(Cc2ccc(F)c([B-](F)(F)F)c2)CC1.[K+]. The molecule has 0 atom stereocenters. The monoisotopic (exact) mass is 400 g/mol. The largest absolute Gasteiger partial charge is 1.00 e. The Kier molecular flexibility index (Phi) is 8.63. The number of benzene rings is 1. The minimum atomic E-state index is -5.38. The van der Waals surface area contributed by atoms with E-state index in [1.54, 1.807) is 25.7 Å². The van der Waals surface area contributed by atoms with Crippen LogP contribution in [0, 0.1) is 5.82 Å². The van der Waals surface area contributed by atoms with Crippen molar-refractivity contribution in [3.05, 3.63) is 29.6 Å². The van der Waals surface area contributed by atoms with E-state index in [4.69, 9.17) is 4.74 Å². The summed E-state index contributed by atoms with van der Waals surface area (Å²) in [4.78, 5) is 15.5. The molecule has 26 heavy (non-hydrogen) atoms. The van der Waals surface area contributed by atoms with Crippen LogP contribution in [0.1, 0.15) is 26.3 Å². The first-order valence-corrected chi connectivity index (χ1v) is 8.14. The molecular weight excluding hydrogens is 378 g/mol. The van der Waals surface area contributed by atoms with E-state index in [0.29, 0.717) is 31.7 Å². The molecule has 1 aromatic carbocycles. The van der Waals surface area contributed by atoms with Crippen LogP contribution in [0.4, 0.5) is 22.1 Å². The Balaban J connectivity index is 0.00000338. The molecule has 0 bridgehead atoms. The Morgan fingerprint density at radius 3 is 2.23 bits per heavy atom. The fourth-order valence-electron chi connectivity index (χ4n) is 2.62. The van der Waals surface area contributed by atoms with E-state index in [1.807, 2.05) is 4.90 Å². The summed E-state index contributed by atoms with van der Waals surface area (Å²) in [5.41, 5.74) is -1.36. The Bertz CT molecular complexity index is 630. The van der Waals surface area contributed by atoms with Crippen LogP contribution >= 0.6 is 0 Å². The Morgan fingerprint density at radius 2 is 1.73 bits per heavy atom. The van der Waals surface area contributed by atoms with Crippen LogP contribution in [0.5, 0.6) is 0 Å². The second kappa shape index (κ2) is 9.38. The van der Waals surface area contributed by atoms with Crippen molar-refractivity contribution in [3.8, 4) is 0 Å². The van der Waals surface area contributed by atoms with Gasteiger partial charge in [0.25, 0.3) is 0 Å². The van der Waals surface area contributed by atoms with E-state index in [9.17, 15) is 22.1 Å². The first kappa shape index (κ1) is 23.9. The van der Waals surface area contributed by atoms with Crippen molar-refractivity contribution in [2.75, 3.05) is 26.2 Å². The van der Waals surface area contributed by atoms with Gasteiger partial charge in [-0.3, -0.25) is 4.90 Å². The molecule has 1 aliphatic rings. The van der Waals surface area contributed by atoms with Gasteiger partial charge in [0.15, 0.2) is 0 Å². The molecule has 4 nitrogen and oxygen atoms in total. The zero-order valence-electron chi connectivity index (χ0n) is 15.6. The Hall–Kier alpha value is -0.129. The predicted octanol–water partition coefficient (Wildman–Crippen LogP) is -0.0632. The summed E-state index contributed by atoms with van der Waals surface area (Å²) in [5.74, 6) is -1.24. The van der Waals surface area contributed by atoms with Gasteiger partial charge in [-0.25, -0.2) is 9.18 Å². The van der Waals surface area contributed by atoms with Crippen molar-refractivity contribution >= 4 is 18.5 Å². The standard InChI is InChI=1S/C16H22BF4N2O2.K/c1-16(2,3)25-15(24)23-8-6-22(7-9-23)11-12-4-5-14(18)13(10-12)17(19,20)21;/h4-5,10H,6-9,11H2,1-3H3;/q-1;+1. The average molecular weight is 400 g/mol. The number of carbonyl (C=O) groups excluding carboxylic acids is 1. The molecule has 1 aliphatic heterocycles. The molecule has 0 radical (unpaired) electrons. The van der Waals surface area contributed by atoms with E-state index in [1.165, 1.54) is 6.07 Å². The molecule has 0 spiro atoms. The first-order chi connectivity index (χ1) is 11.5. The van der Waals surface area contributed by atoms with Crippen molar-refractivity contribution in [3.63, 3.8) is 0 Å². The van der Waals surface area contributed by atoms with Crippen molar-refractivity contribution < 1.29 is 78.3 Å². The molecule has 2 rings (SSSR count). The third kappa shape index (κ3) is 7.12. The second-order valence-corrected chi connectivity index (χ2v) is 7.17. The third-order valence-corrected chi connectivity index (χ3v) is 3.84. The van der Waals surface area contributed by atoms with Gasteiger partial charge in [0.2, 0.25) is 0 Å². The molecule has 1 saturated heterocycles. The predicted molar refractivity (Wildman–Crippen MR) is 88.2 cm³/mol. The summed E-state index contributed by atoms with van der Waals surface area (Å²) in [5, 5.41) is 0. The molecule has 0 aliphatic carbocycles. The smallest absolute Gasteiger partial charge is 0.445 e. The molecule has 0 saturated carbocycles. The average Bonchev–Trinajstić information content (AvgIpc) is 2.47. The molecule has 0 N–H and O–H groups in total. The zero-order valence-corrected chi connectivity index (χ0v) is 18.7. The Labute approximate surface area is 193 Å². The number of piperazine rings is 1. The van der Waals surface area contributed by atoms with Gasteiger partial charge in [-0.05, 0) is 32.4 Å². The van der Waals surface area contributed by atoms with E-state index in [-0.39, 0.29) is 57.9 Å². The van der Waals surface area contributed by atoms with Crippen molar-refractivity contribution in [2.24, 2.45) is 0 Å². The summed E-state index contributed by atoms with van der Waals surface area (Å²) in [6.07, 6.45) is -0.393. The van der Waals surface area contributed by atoms with Crippen LogP contribution in [0.3, 0.4) is 0 Å². The second-order valence-electron chi connectivity index (χ2n) is 7.17. The Morgan fingerprint density at radius 1 is 1.15 bits per heavy atom. The molecule has 0 unspecified atom stereocenters. The number of halogens is 4. The number of carbonyl (C=O) groups is 1. The van der Waals surface area contributed by atoms with Crippen LogP contribution in [0.2, 0.25) is 0 Å². The van der Waals surface area contributed by atoms with Gasteiger partial charge < -0.3 is 22.6 Å². The maximum Gasteiger partial charge on any atom is 1.00 e. The van der Waals surface area contributed by atoms with E-state index in [2.05, 4.69) is 0 Å². The van der Waals surface area contributed by atoms with Crippen LogP contribution < -0.4 is 56.8 Å². The molecule has 0 aromatic heterocycles. The van der Waals surface area contributed by atoms with Gasteiger partial charge >= 0.3 is 64.5 Å². The molecule has 1 heterocycles. The van der Waals surface area contributed by atoms with Crippen molar-refractivity contribution in [2.45, 2.75) is 32.9 Å². The van der Waals surface area contributed by atoms with Crippen molar-refractivity contribution in [1.82, 2.24) is 9.80 Å². The number of hydrogen-bond acceptors (Lipinski definition) is 3. The maximum atomic E-state index is 13.3. The quantitative estimate of drug-likeness (QED) is 0.527. The maximum absolute atomic E-state index is 13.3. The van der Waals surface area contributed by atoms with Gasteiger partial charge in [0, 0.05) is 32.7 Å². The first-order valence-electron chi connectivity index (χ1n) is 8.14. The molecule has 1 aromatic rings. The van der Waals surface area contributed by atoms with Gasteiger partial charge in [-0.2, -0.15) is 0 Å². The van der Waals surface area contributed by atoms with Gasteiger partial charge in [0.05, 0.1) is 5.82 Å². The molecule has 10 heteroatoms. The summed E-state index contributed by atoms with van der Waals surface area (Å²) < 4.78 is 57.1. The molecule has 1 amide bonds. The molecular formula is C16H22BF4KN2O2. The minimum absolute atomic E-state index is 0. The zero-order chi connectivity index (χ0) is 18.8. The number of nitrogens with zero attached hydrogens (tertiary/aromatic N) is 2. The van der Waals surface area contributed by atoms with Crippen molar-refractivity contribution in [1.29, 1.82) is 0 Å². The minimum Gasteiger partial charge on any atom is -0.445 e. The van der Waals surface area contributed by atoms with Gasteiger partial charge in [-0.15, -0.1) is 0 Å². The third-order valence-electron chi connectivity index (χ3n) is 3.84. The van der Waals surface area contributed by atoms with Crippen LogP contribution in [0.15, 0.2) is 18.2 Å². The number of amides is 1. The fraction of sp³-hybridized carbons (Fsp3) is 0.562. The van der Waals surface area contributed by atoms with E-state index in [0.717, 1.165) is 12.1 Å². The number of ether oxygens (including phenoxy) is 1. The van der Waals surface area contributed by atoms with Crippen LogP contribution in [0.25, 0.3) is 0 Å². The normalized spacial score (nSPS) is 16.2. The molecule has 140 valence electrons. The van der Waals surface area contributed by atoms with Gasteiger partial charge in [0.1, 0.15) is 5.60 Å². The van der Waals surface area contributed by atoms with E-state index < -0.39 is 30.0 Å². The summed E-state index contributed by atoms with van der Waals surface area (Å²) >= 11 is 0. The number of hydrogen-bond donors (Lipinski definition) is 0. The summed E-state index contributed by atoms with van der Waals surface area (Å²) in [7, 11) is 0. The summed E-state index contributed by atoms with van der Waals surface area (Å²) in [6, 6.07) is 3.09. The topological polar surface area (TPSA) is 32.8 Å². The van der Waals surface area contributed by atoms with Crippen LogP contribution in [-0.4, -0.2) is 54.7 Å². The van der Waals surface area contributed by atoms with E-state index >= 15 is 0 Å². The number of rotatable bonds is 3. The summed E-state index contributed by atoms with van der Waals surface area (Å²) in [6.45, 7) is 2.17. The van der Waals surface area contributed by atoms with Crippen LogP contribution in [-0.2, 0) is 11.3 Å². The fourth-order valence-corrected chi connectivity index (χ4v) is 2.62. The van der Waals surface area contributed by atoms with Gasteiger partial charge in [-0.1, -0.05) is 17.6 Å².